The van der Waals surface area contributed by atoms with Crippen molar-refractivity contribution in [3.63, 3.8) is 0 Å². The number of aromatic nitrogens is 2. The largest absolute Gasteiger partial charge is 0.368 e. The molecule has 0 unspecified atom stereocenters. The van der Waals surface area contributed by atoms with Gasteiger partial charge in [-0.05, 0) is 40.7 Å². The van der Waals surface area contributed by atoms with E-state index in [0.717, 1.165) is 15.8 Å². The molecular formula is C12H13BrFN3S. The molecule has 0 saturated carbocycles. The predicted molar refractivity (Wildman–Crippen MR) is 76.5 cm³/mol. The van der Waals surface area contributed by atoms with Crippen LogP contribution in [-0.2, 0) is 0 Å². The SMILES string of the molecule is CCCNc1nc(-c2sccc2Br)nc(C)c1F. The first-order chi connectivity index (χ1) is 8.63. The number of nitrogens with one attached hydrogen (secondary N) is 1. The second kappa shape index (κ2) is 5.75. The molecule has 0 amide bonds. The average molecular weight is 330 g/mol. The Labute approximate surface area is 118 Å². The van der Waals surface area contributed by atoms with Crippen LogP contribution >= 0.6 is 27.3 Å². The maximum Gasteiger partial charge on any atom is 0.186 e. The summed E-state index contributed by atoms with van der Waals surface area (Å²) in [7, 11) is 0. The predicted octanol–water partition coefficient (Wildman–Crippen LogP) is 4.24. The van der Waals surface area contributed by atoms with E-state index in [4.69, 9.17) is 0 Å². The minimum atomic E-state index is -0.375. The topological polar surface area (TPSA) is 37.8 Å². The normalized spacial score (nSPS) is 10.7. The van der Waals surface area contributed by atoms with Crippen LogP contribution in [-0.4, -0.2) is 16.5 Å². The third kappa shape index (κ3) is 2.70. The van der Waals surface area contributed by atoms with Gasteiger partial charge in [0.2, 0.25) is 0 Å². The molecule has 2 aromatic heterocycles. The van der Waals surface area contributed by atoms with E-state index < -0.39 is 0 Å². The van der Waals surface area contributed by atoms with Gasteiger partial charge in [0, 0.05) is 11.0 Å². The number of hydrogen-bond donors (Lipinski definition) is 1. The molecule has 0 aliphatic heterocycles. The number of rotatable bonds is 4. The molecule has 0 aliphatic carbocycles. The molecule has 3 nitrogen and oxygen atoms in total. The molecule has 0 saturated heterocycles. The van der Waals surface area contributed by atoms with Gasteiger partial charge in [-0.1, -0.05) is 6.92 Å². The van der Waals surface area contributed by atoms with Crippen LogP contribution in [0, 0.1) is 12.7 Å². The summed E-state index contributed by atoms with van der Waals surface area (Å²) in [6, 6.07) is 1.93. The van der Waals surface area contributed by atoms with Gasteiger partial charge in [0.15, 0.2) is 17.5 Å². The number of halogens is 2. The van der Waals surface area contributed by atoms with E-state index in [1.54, 1.807) is 6.92 Å². The monoisotopic (exact) mass is 329 g/mol. The lowest BCUT2D eigenvalue weighted by Gasteiger charge is -2.08. The van der Waals surface area contributed by atoms with Crippen LogP contribution in [0.4, 0.5) is 10.2 Å². The van der Waals surface area contributed by atoms with Gasteiger partial charge >= 0.3 is 0 Å². The average Bonchev–Trinajstić information content (AvgIpc) is 2.77. The van der Waals surface area contributed by atoms with E-state index in [1.165, 1.54) is 11.3 Å². The minimum Gasteiger partial charge on any atom is -0.368 e. The van der Waals surface area contributed by atoms with Gasteiger partial charge in [0.25, 0.3) is 0 Å². The summed E-state index contributed by atoms with van der Waals surface area (Å²) in [5.74, 6) is 0.453. The van der Waals surface area contributed by atoms with Gasteiger partial charge < -0.3 is 5.32 Å². The Kier molecular flexibility index (Phi) is 4.29. The molecule has 2 aromatic rings. The van der Waals surface area contributed by atoms with Gasteiger partial charge in [0.05, 0.1) is 10.6 Å². The van der Waals surface area contributed by atoms with Crippen molar-refractivity contribution in [3.05, 3.63) is 27.4 Å². The molecule has 0 aliphatic rings. The zero-order valence-electron chi connectivity index (χ0n) is 10.1. The molecule has 96 valence electrons. The highest BCUT2D eigenvalue weighted by Crippen LogP contribution is 2.32. The number of nitrogens with zero attached hydrogens (tertiary/aromatic N) is 2. The molecule has 0 aromatic carbocycles. The number of anilines is 1. The van der Waals surface area contributed by atoms with E-state index in [2.05, 4.69) is 31.2 Å². The Morgan fingerprint density at radius 2 is 2.22 bits per heavy atom. The van der Waals surface area contributed by atoms with Crippen molar-refractivity contribution in [3.8, 4) is 10.7 Å². The Morgan fingerprint density at radius 3 is 2.83 bits per heavy atom. The molecule has 0 spiro atoms. The first-order valence-electron chi connectivity index (χ1n) is 5.64. The van der Waals surface area contributed by atoms with Crippen molar-refractivity contribution in [1.82, 2.24) is 9.97 Å². The lowest BCUT2D eigenvalue weighted by molar-refractivity contribution is 0.605. The van der Waals surface area contributed by atoms with Crippen molar-refractivity contribution in [2.24, 2.45) is 0 Å². The van der Waals surface area contributed by atoms with Gasteiger partial charge in [0.1, 0.15) is 0 Å². The Morgan fingerprint density at radius 1 is 1.44 bits per heavy atom. The quantitative estimate of drug-likeness (QED) is 0.911. The second-order valence-electron chi connectivity index (χ2n) is 3.82. The highest BCUT2D eigenvalue weighted by Gasteiger charge is 2.14. The smallest absolute Gasteiger partial charge is 0.186 e. The van der Waals surface area contributed by atoms with Crippen LogP contribution in [0.5, 0.6) is 0 Å². The van der Waals surface area contributed by atoms with E-state index in [1.807, 2.05) is 18.4 Å². The Balaban J connectivity index is 2.44. The molecule has 2 heterocycles. The molecule has 0 bridgehead atoms. The maximum absolute atomic E-state index is 13.9. The third-order valence-corrected chi connectivity index (χ3v) is 4.21. The van der Waals surface area contributed by atoms with E-state index in [9.17, 15) is 4.39 Å². The van der Waals surface area contributed by atoms with Crippen LogP contribution in [0.1, 0.15) is 19.0 Å². The van der Waals surface area contributed by atoms with Crippen molar-refractivity contribution in [1.29, 1.82) is 0 Å². The van der Waals surface area contributed by atoms with Crippen LogP contribution in [0.25, 0.3) is 10.7 Å². The lowest BCUT2D eigenvalue weighted by Crippen LogP contribution is -2.08. The highest BCUT2D eigenvalue weighted by molar-refractivity contribution is 9.10. The van der Waals surface area contributed by atoms with E-state index in [-0.39, 0.29) is 11.6 Å². The van der Waals surface area contributed by atoms with E-state index >= 15 is 0 Å². The van der Waals surface area contributed by atoms with Gasteiger partial charge in [-0.3, -0.25) is 0 Å². The number of aryl methyl sites for hydroxylation is 1. The fourth-order valence-electron chi connectivity index (χ4n) is 1.47. The van der Waals surface area contributed by atoms with Crippen LogP contribution in [0.3, 0.4) is 0 Å². The molecule has 2 rings (SSSR count). The molecule has 18 heavy (non-hydrogen) atoms. The van der Waals surface area contributed by atoms with Crippen molar-refractivity contribution >= 4 is 33.1 Å². The zero-order chi connectivity index (χ0) is 13.1. The minimum absolute atomic E-state index is 0.277. The summed E-state index contributed by atoms with van der Waals surface area (Å²) in [5.41, 5.74) is 0.360. The fraction of sp³-hybridized carbons (Fsp3) is 0.333. The van der Waals surface area contributed by atoms with Gasteiger partial charge in [-0.2, -0.15) is 0 Å². The fourth-order valence-corrected chi connectivity index (χ4v) is 2.96. The summed E-state index contributed by atoms with van der Waals surface area (Å²) in [6.45, 7) is 4.37. The molecule has 0 fully saturated rings. The van der Waals surface area contributed by atoms with Crippen molar-refractivity contribution < 1.29 is 4.39 Å². The maximum atomic E-state index is 13.9. The van der Waals surface area contributed by atoms with Gasteiger partial charge in [-0.15, -0.1) is 11.3 Å². The van der Waals surface area contributed by atoms with Crippen molar-refractivity contribution in [2.45, 2.75) is 20.3 Å². The molecule has 0 radical (unpaired) electrons. The standard InChI is InChI=1S/C12H13BrFN3S/c1-3-5-15-11-9(14)7(2)16-12(17-11)10-8(13)4-6-18-10/h4,6H,3,5H2,1-2H3,(H,15,16,17). The van der Waals surface area contributed by atoms with E-state index in [0.29, 0.717) is 18.1 Å². The van der Waals surface area contributed by atoms with Crippen LogP contribution < -0.4 is 5.32 Å². The molecular weight excluding hydrogens is 317 g/mol. The number of thiophene rings is 1. The van der Waals surface area contributed by atoms with Crippen LogP contribution in [0.15, 0.2) is 15.9 Å². The summed E-state index contributed by atoms with van der Waals surface area (Å²) >= 11 is 4.97. The summed E-state index contributed by atoms with van der Waals surface area (Å²) in [4.78, 5) is 9.37. The Hall–Kier alpha value is -1.01. The number of hydrogen-bond acceptors (Lipinski definition) is 4. The van der Waals surface area contributed by atoms with Crippen molar-refractivity contribution in [2.75, 3.05) is 11.9 Å². The first-order valence-corrected chi connectivity index (χ1v) is 7.32. The lowest BCUT2D eigenvalue weighted by atomic mass is 10.3. The molecule has 1 N–H and O–H groups in total. The summed E-state index contributed by atoms with van der Waals surface area (Å²) < 4.78 is 14.8. The third-order valence-electron chi connectivity index (χ3n) is 2.38. The first kappa shape index (κ1) is 13.4. The molecule has 6 heteroatoms. The Bertz CT molecular complexity index is 556. The summed E-state index contributed by atoms with van der Waals surface area (Å²) in [5, 5.41) is 4.93. The second-order valence-corrected chi connectivity index (χ2v) is 5.59. The summed E-state index contributed by atoms with van der Waals surface area (Å²) in [6.07, 6.45) is 0.917. The van der Waals surface area contributed by atoms with Crippen LogP contribution in [0.2, 0.25) is 0 Å². The highest BCUT2D eigenvalue weighted by atomic mass is 79.9. The zero-order valence-corrected chi connectivity index (χ0v) is 12.5. The molecule has 0 atom stereocenters. The van der Waals surface area contributed by atoms with Gasteiger partial charge in [-0.25, -0.2) is 14.4 Å².